The Balaban J connectivity index is 1.55. The van der Waals surface area contributed by atoms with Crippen LogP contribution in [0.1, 0.15) is 12.0 Å². The largest absolute Gasteiger partial charge is 0.476 e. The number of hydrogen-bond acceptors (Lipinski definition) is 6. The average molecular weight is 410 g/mol. The van der Waals surface area contributed by atoms with Crippen LogP contribution in [0.4, 0.5) is 0 Å². The summed E-state index contributed by atoms with van der Waals surface area (Å²) in [6, 6.07) is 15.6. The Hall–Kier alpha value is -3.76. The number of nitrogens with one attached hydrogen (secondary N) is 1. The van der Waals surface area contributed by atoms with Crippen molar-refractivity contribution in [3.8, 4) is 34.5 Å². The van der Waals surface area contributed by atoms with Crippen LogP contribution in [0, 0.1) is 17.2 Å². The highest BCUT2D eigenvalue weighted by molar-refractivity contribution is 5.87. The zero-order valence-electron chi connectivity index (χ0n) is 17.2. The fraction of sp³-hybridized carbons (Fsp3) is 0.250. The maximum atomic E-state index is 9.14. The van der Waals surface area contributed by atoms with Crippen molar-refractivity contribution >= 4 is 10.9 Å². The van der Waals surface area contributed by atoms with E-state index in [4.69, 9.17) is 20.0 Å². The first kappa shape index (κ1) is 19.2. The molecule has 7 nitrogen and oxygen atoms in total. The molecule has 0 bridgehead atoms. The minimum Gasteiger partial charge on any atom is -0.476 e. The van der Waals surface area contributed by atoms with Crippen LogP contribution in [0.5, 0.6) is 5.88 Å². The van der Waals surface area contributed by atoms with Crippen molar-refractivity contribution in [3.63, 3.8) is 0 Å². The number of hydrogen-bond donors (Lipinski definition) is 1. The lowest BCUT2D eigenvalue weighted by Gasteiger charge is -2.13. The van der Waals surface area contributed by atoms with Gasteiger partial charge in [0.15, 0.2) is 0 Å². The number of aromatic nitrogens is 4. The van der Waals surface area contributed by atoms with E-state index in [9.17, 15) is 0 Å². The van der Waals surface area contributed by atoms with Crippen molar-refractivity contribution in [3.05, 3.63) is 60.4 Å². The number of rotatable bonds is 5. The molecule has 3 heterocycles. The predicted octanol–water partition coefficient (Wildman–Crippen LogP) is 3.56. The zero-order valence-corrected chi connectivity index (χ0v) is 17.2. The monoisotopic (exact) mass is 410 g/mol. The van der Waals surface area contributed by atoms with E-state index < -0.39 is 0 Å². The molecule has 154 valence electrons. The Morgan fingerprint density at radius 2 is 2.00 bits per heavy atom. The maximum Gasteiger partial charge on any atom is 0.232 e. The van der Waals surface area contributed by atoms with Crippen LogP contribution in [0.25, 0.3) is 33.4 Å². The van der Waals surface area contributed by atoms with Gasteiger partial charge in [-0.1, -0.05) is 18.2 Å². The summed E-state index contributed by atoms with van der Waals surface area (Å²) in [4.78, 5) is 9.54. The first-order valence-corrected chi connectivity index (χ1v) is 10.3. The highest BCUT2D eigenvalue weighted by Crippen LogP contribution is 2.32. The normalized spacial score (nSPS) is 15.8. The molecule has 0 saturated carbocycles. The minimum absolute atomic E-state index is 0.493. The molecule has 1 aliphatic rings. The van der Waals surface area contributed by atoms with Crippen LogP contribution in [-0.2, 0) is 7.05 Å². The van der Waals surface area contributed by atoms with Gasteiger partial charge in [0.2, 0.25) is 5.88 Å². The lowest BCUT2D eigenvalue weighted by Crippen LogP contribution is -2.16. The van der Waals surface area contributed by atoms with Gasteiger partial charge in [-0.15, -0.1) is 0 Å². The van der Waals surface area contributed by atoms with Gasteiger partial charge in [0.25, 0.3) is 0 Å². The third-order valence-electron chi connectivity index (χ3n) is 5.56. The summed E-state index contributed by atoms with van der Waals surface area (Å²) in [6.07, 6.45) is 4.79. The van der Waals surface area contributed by atoms with Crippen molar-refractivity contribution in [2.24, 2.45) is 13.0 Å². The molecule has 1 fully saturated rings. The third-order valence-corrected chi connectivity index (χ3v) is 5.56. The highest BCUT2D eigenvalue weighted by atomic mass is 16.5. The van der Waals surface area contributed by atoms with Crippen molar-refractivity contribution in [2.45, 2.75) is 6.42 Å². The first-order chi connectivity index (χ1) is 15.2. The molecule has 1 atom stereocenters. The van der Waals surface area contributed by atoms with Crippen molar-refractivity contribution in [2.75, 3.05) is 19.7 Å². The Bertz CT molecular complexity index is 1270. The zero-order chi connectivity index (χ0) is 21.2. The van der Waals surface area contributed by atoms with Gasteiger partial charge < -0.3 is 10.1 Å². The maximum absolute atomic E-state index is 9.14. The van der Waals surface area contributed by atoms with E-state index in [0.717, 1.165) is 52.9 Å². The van der Waals surface area contributed by atoms with Crippen molar-refractivity contribution < 1.29 is 4.74 Å². The van der Waals surface area contributed by atoms with Gasteiger partial charge in [0.1, 0.15) is 5.69 Å². The van der Waals surface area contributed by atoms with Gasteiger partial charge in [-0.25, -0.2) is 9.97 Å². The molecule has 0 aliphatic carbocycles. The second-order valence-electron chi connectivity index (χ2n) is 7.84. The number of nitriles is 1. The summed E-state index contributed by atoms with van der Waals surface area (Å²) in [6.45, 7) is 2.63. The topological polar surface area (TPSA) is 88.6 Å². The van der Waals surface area contributed by atoms with Gasteiger partial charge in [-0.3, -0.25) is 4.68 Å². The molecule has 1 saturated heterocycles. The van der Waals surface area contributed by atoms with E-state index in [1.165, 1.54) is 0 Å². The summed E-state index contributed by atoms with van der Waals surface area (Å²) >= 11 is 0. The van der Waals surface area contributed by atoms with Crippen LogP contribution in [0.3, 0.4) is 0 Å². The molecular formula is C24H22N6O. The Labute approximate surface area is 180 Å². The smallest absolute Gasteiger partial charge is 0.232 e. The van der Waals surface area contributed by atoms with Crippen LogP contribution >= 0.6 is 0 Å². The molecule has 0 radical (unpaired) electrons. The molecule has 7 heteroatoms. The van der Waals surface area contributed by atoms with Crippen LogP contribution < -0.4 is 10.1 Å². The highest BCUT2D eigenvalue weighted by Gasteiger charge is 2.17. The van der Waals surface area contributed by atoms with Gasteiger partial charge in [-0.2, -0.15) is 10.4 Å². The number of ether oxygens (including phenoxy) is 1. The predicted molar refractivity (Wildman–Crippen MR) is 118 cm³/mol. The lowest BCUT2D eigenvalue weighted by molar-refractivity contribution is 0.250. The molecule has 0 amide bonds. The van der Waals surface area contributed by atoms with Gasteiger partial charge in [0, 0.05) is 42.2 Å². The second kappa shape index (κ2) is 8.17. The number of fused-ring (bicyclic) bond motifs is 1. The van der Waals surface area contributed by atoms with Gasteiger partial charge in [-0.05, 0) is 37.2 Å². The molecule has 5 rings (SSSR count). The van der Waals surface area contributed by atoms with E-state index in [2.05, 4.69) is 22.6 Å². The molecule has 4 aromatic rings. The molecule has 1 N–H and O–H groups in total. The number of aryl methyl sites for hydroxylation is 1. The van der Waals surface area contributed by atoms with E-state index in [-0.39, 0.29) is 0 Å². The SMILES string of the molecule is Cn1cc2cc(-c3ncc(OCC4CCNC4)nc3-c3ccc(C#N)cc3)ccc2n1. The molecule has 0 spiro atoms. The molecule has 31 heavy (non-hydrogen) atoms. The van der Waals surface area contributed by atoms with Crippen LogP contribution in [-0.4, -0.2) is 39.4 Å². The number of nitrogens with zero attached hydrogens (tertiary/aromatic N) is 5. The summed E-state index contributed by atoms with van der Waals surface area (Å²) in [5.74, 6) is 1.00. The van der Waals surface area contributed by atoms with E-state index in [0.29, 0.717) is 24.0 Å². The average Bonchev–Trinajstić information content (AvgIpc) is 3.45. The Morgan fingerprint density at radius 3 is 2.77 bits per heavy atom. The van der Waals surface area contributed by atoms with Crippen LogP contribution in [0.15, 0.2) is 54.9 Å². The van der Waals surface area contributed by atoms with Crippen molar-refractivity contribution in [1.29, 1.82) is 5.26 Å². The van der Waals surface area contributed by atoms with Gasteiger partial charge >= 0.3 is 0 Å². The standard InChI is InChI=1S/C24H22N6O/c1-30-14-20-10-19(6-7-21(20)29-30)23-24(18-4-2-16(11-25)3-5-18)28-22(13-27-23)31-15-17-8-9-26-12-17/h2-7,10,13-14,17,26H,8-9,12,15H2,1H3. The van der Waals surface area contributed by atoms with Gasteiger partial charge in [0.05, 0.1) is 35.6 Å². The van der Waals surface area contributed by atoms with E-state index in [1.807, 2.05) is 37.5 Å². The lowest BCUT2D eigenvalue weighted by atomic mass is 10.0. The minimum atomic E-state index is 0.493. The summed E-state index contributed by atoms with van der Waals surface area (Å²) in [5, 5.41) is 18.0. The molecule has 1 unspecified atom stereocenters. The summed E-state index contributed by atoms with van der Waals surface area (Å²) in [7, 11) is 1.91. The second-order valence-corrected chi connectivity index (χ2v) is 7.84. The quantitative estimate of drug-likeness (QED) is 0.541. The molecule has 1 aliphatic heterocycles. The van der Waals surface area contributed by atoms with E-state index in [1.54, 1.807) is 23.0 Å². The Morgan fingerprint density at radius 1 is 1.16 bits per heavy atom. The van der Waals surface area contributed by atoms with Crippen LogP contribution in [0.2, 0.25) is 0 Å². The summed E-state index contributed by atoms with van der Waals surface area (Å²) < 4.78 is 7.78. The third kappa shape index (κ3) is 3.98. The molecule has 2 aromatic heterocycles. The molecular weight excluding hydrogens is 388 g/mol. The first-order valence-electron chi connectivity index (χ1n) is 10.3. The van der Waals surface area contributed by atoms with Crippen molar-refractivity contribution in [1.82, 2.24) is 25.1 Å². The molecule has 2 aromatic carbocycles. The Kier molecular flexibility index (Phi) is 5.06. The fourth-order valence-electron chi connectivity index (χ4n) is 3.91. The van der Waals surface area contributed by atoms with E-state index >= 15 is 0 Å². The number of benzene rings is 2. The summed E-state index contributed by atoms with van der Waals surface area (Å²) in [5.41, 5.74) is 4.89. The fourth-order valence-corrected chi connectivity index (χ4v) is 3.91.